The summed E-state index contributed by atoms with van der Waals surface area (Å²) in [5.74, 6) is 0.647. The van der Waals surface area contributed by atoms with E-state index in [-0.39, 0.29) is 0 Å². The van der Waals surface area contributed by atoms with E-state index in [1.54, 1.807) is 0 Å². The van der Waals surface area contributed by atoms with E-state index in [9.17, 15) is 0 Å². The highest BCUT2D eigenvalue weighted by Gasteiger charge is 2.15. The van der Waals surface area contributed by atoms with Crippen molar-refractivity contribution in [1.82, 2.24) is 19.9 Å². The molecule has 0 saturated heterocycles. The molecular weight excluding hydrogens is 214 g/mol. The highest BCUT2D eigenvalue weighted by atomic mass is 15.1. The maximum absolute atomic E-state index is 5.54. The van der Waals surface area contributed by atoms with Crippen LogP contribution in [-0.2, 0) is 19.5 Å². The molecule has 88 valence electrons. The summed E-state index contributed by atoms with van der Waals surface area (Å²) in [7, 11) is 2.11. The second-order valence-corrected chi connectivity index (χ2v) is 4.49. The minimum atomic E-state index is 0.356. The van der Waals surface area contributed by atoms with E-state index in [1.165, 1.54) is 5.56 Å². The van der Waals surface area contributed by atoms with Gasteiger partial charge in [0.25, 0.3) is 0 Å². The van der Waals surface area contributed by atoms with E-state index in [0.29, 0.717) is 12.4 Å². The number of likely N-dealkylation sites (N-methyl/N-ethyl adjacent to an activating group) is 1. The Morgan fingerprint density at radius 3 is 3.12 bits per heavy atom. The lowest BCUT2D eigenvalue weighted by atomic mass is 10.0. The second kappa shape index (κ2) is 4.01. The van der Waals surface area contributed by atoms with Crippen LogP contribution in [-0.4, -0.2) is 33.4 Å². The third kappa shape index (κ3) is 1.87. The fourth-order valence-electron chi connectivity index (χ4n) is 2.18. The predicted molar refractivity (Wildman–Crippen MR) is 65.3 cm³/mol. The summed E-state index contributed by atoms with van der Waals surface area (Å²) in [6.45, 7) is 2.34. The fraction of sp³-hybridized carbons (Fsp3) is 0.417. The molecule has 0 aromatic carbocycles. The van der Waals surface area contributed by atoms with Crippen LogP contribution in [0.1, 0.15) is 17.1 Å². The van der Waals surface area contributed by atoms with Gasteiger partial charge in [0.1, 0.15) is 5.82 Å². The minimum Gasteiger partial charge on any atom is -0.324 e. The molecule has 5 nitrogen and oxygen atoms in total. The van der Waals surface area contributed by atoms with Gasteiger partial charge in [-0.2, -0.15) is 0 Å². The third-order valence-corrected chi connectivity index (χ3v) is 3.15. The molecule has 3 heterocycles. The lowest BCUT2D eigenvalue weighted by molar-refractivity contribution is 0.308. The van der Waals surface area contributed by atoms with Gasteiger partial charge in [-0.3, -0.25) is 0 Å². The standard InChI is InChI=1S/C12H15N5/c1-17-3-2-8-4-9-6-14-11(5-13)16-12(9)15-10(8)7-17/h4,6H,2-3,5,7,13H2,1H3. The molecule has 0 fully saturated rings. The Morgan fingerprint density at radius 2 is 2.29 bits per heavy atom. The first-order chi connectivity index (χ1) is 8.26. The molecule has 0 unspecified atom stereocenters. The van der Waals surface area contributed by atoms with Gasteiger partial charge in [-0.25, -0.2) is 15.0 Å². The number of aromatic nitrogens is 3. The van der Waals surface area contributed by atoms with Crippen LogP contribution in [0.2, 0.25) is 0 Å². The van der Waals surface area contributed by atoms with Gasteiger partial charge in [0.15, 0.2) is 5.65 Å². The molecule has 2 aromatic rings. The van der Waals surface area contributed by atoms with Gasteiger partial charge < -0.3 is 10.6 Å². The van der Waals surface area contributed by atoms with Crippen molar-refractivity contribution < 1.29 is 0 Å². The van der Waals surface area contributed by atoms with E-state index in [1.807, 2.05) is 6.20 Å². The second-order valence-electron chi connectivity index (χ2n) is 4.49. The van der Waals surface area contributed by atoms with Gasteiger partial charge in [0.05, 0.1) is 12.2 Å². The number of pyridine rings is 1. The van der Waals surface area contributed by atoms with Crippen LogP contribution in [0.15, 0.2) is 12.3 Å². The van der Waals surface area contributed by atoms with Crippen molar-refractivity contribution in [3.8, 4) is 0 Å². The number of nitrogens with two attached hydrogens (primary N) is 1. The van der Waals surface area contributed by atoms with E-state index >= 15 is 0 Å². The molecular formula is C12H15N5. The summed E-state index contributed by atoms with van der Waals surface area (Å²) < 4.78 is 0. The molecule has 0 saturated carbocycles. The van der Waals surface area contributed by atoms with Gasteiger partial charge in [-0.1, -0.05) is 0 Å². The lowest BCUT2D eigenvalue weighted by Crippen LogP contribution is -2.27. The van der Waals surface area contributed by atoms with Crippen LogP contribution in [0.5, 0.6) is 0 Å². The van der Waals surface area contributed by atoms with Crippen LogP contribution in [0.4, 0.5) is 0 Å². The molecule has 0 radical (unpaired) electrons. The molecule has 0 spiro atoms. The molecule has 2 N–H and O–H groups in total. The Morgan fingerprint density at radius 1 is 1.41 bits per heavy atom. The normalized spacial score (nSPS) is 16.1. The van der Waals surface area contributed by atoms with Gasteiger partial charge in [-0.15, -0.1) is 0 Å². The monoisotopic (exact) mass is 229 g/mol. The van der Waals surface area contributed by atoms with Crippen molar-refractivity contribution in [2.45, 2.75) is 19.5 Å². The Bertz CT molecular complexity index is 566. The van der Waals surface area contributed by atoms with Crippen molar-refractivity contribution in [3.63, 3.8) is 0 Å². The largest absolute Gasteiger partial charge is 0.324 e. The number of hydrogen-bond acceptors (Lipinski definition) is 5. The first kappa shape index (κ1) is 10.6. The topological polar surface area (TPSA) is 67.9 Å². The molecule has 3 rings (SSSR count). The first-order valence-corrected chi connectivity index (χ1v) is 5.79. The van der Waals surface area contributed by atoms with Gasteiger partial charge in [0.2, 0.25) is 0 Å². The minimum absolute atomic E-state index is 0.356. The lowest BCUT2D eigenvalue weighted by Gasteiger charge is -2.24. The van der Waals surface area contributed by atoms with Crippen molar-refractivity contribution >= 4 is 11.0 Å². The molecule has 5 heteroatoms. The summed E-state index contributed by atoms with van der Waals surface area (Å²) in [5, 5.41) is 1.01. The summed E-state index contributed by atoms with van der Waals surface area (Å²) in [6.07, 6.45) is 2.86. The molecule has 1 aliphatic rings. The molecule has 0 atom stereocenters. The van der Waals surface area contributed by atoms with Crippen LogP contribution in [0.25, 0.3) is 11.0 Å². The van der Waals surface area contributed by atoms with Gasteiger partial charge in [0, 0.05) is 24.7 Å². The van der Waals surface area contributed by atoms with Gasteiger partial charge in [-0.05, 0) is 25.1 Å². The predicted octanol–water partition coefficient (Wildman–Crippen LogP) is 0.471. The molecule has 17 heavy (non-hydrogen) atoms. The SMILES string of the molecule is CN1CCc2cc3cnc(CN)nc3nc2C1. The molecule has 0 aliphatic carbocycles. The third-order valence-electron chi connectivity index (χ3n) is 3.15. The Balaban J connectivity index is 2.15. The zero-order valence-electron chi connectivity index (χ0n) is 9.85. The maximum atomic E-state index is 5.54. The van der Waals surface area contributed by atoms with E-state index in [0.717, 1.165) is 36.2 Å². The zero-order valence-corrected chi connectivity index (χ0v) is 9.85. The zero-order chi connectivity index (χ0) is 11.8. The number of hydrogen-bond donors (Lipinski definition) is 1. The van der Waals surface area contributed by atoms with Crippen LogP contribution in [0.3, 0.4) is 0 Å². The van der Waals surface area contributed by atoms with Crippen molar-refractivity contribution in [3.05, 3.63) is 29.3 Å². The highest BCUT2D eigenvalue weighted by molar-refractivity contribution is 5.74. The van der Waals surface area contributed by atoms with Crippen molar-refractivity contribution in [2.24, 2.45) is 5.73 Å². The number of rotatable bonds is 1. The van der Waals surface area contributed by atoms with Gasteiger partial charge >= 0.3 is 0 Å². The summed E-state index contributed by atoms with van der Waals surface area (Å²) in [5.41, 5.74) is 8.75. The molecule has 0 bridgehead atoms. The van der Waals surface area contributed by atoms with E-state index < -0.39 is 0 Å². The Labute approximate surface area is 99.7 Å². The Hall–Kier alpha value is -1.59. The van der Waals surface area contributed by atoms with Crippen molar-refractivity contribution in [2.75, 3.05) is 13.6 Å². The average Bonchev–Trinajstić information content (AvgIpc) is 2.35. The molecule has 2 aromatic heterocycles. The van der Waals surface area contributed by atoms with Crippen molar-refractivity contribution in [1.29, 1.82) is 0 Å². The van der Waals surface area contributed by atoms with Crippen LogP contribution < -0.4 is 5.73 Å². The van der Waals surface area contributed by atoms with Crippen LogP contribution in [0, 0.1) is 0 Å². The molecule has 0 amide bonds. The summed E-state index contributed by atoms with van der Waals surface area (Å²) in [6, 6.07) is 2.16. The number of fused-ring (bicyclic) bond motifs is 2. The van der Waals surface area contributed by atoms with Crippen LogP contribution >= 0.6 is 0 Å². The molecule has 1 aliphatic heterocycles. The maximum Gasteiger partial charge on any atom is 0.163 e. The van der Waals surface area contributed by atoms with E-state index in [2.05, 4.69) is 33.0 Å². The smallest absolute Gasteiger partial charge is 0.163 e. The first-order valence-electron chi connectivity index (χ1n) is 5.79. The number of nitrogens with zero attached hydrogens (tertiary/aromatic N) is 4. The van der Waals surface area contributed by atoms with E-state index in [4.69, 9.17) is 5.73 Å². The quantitative estimate of drug-likeness (QED) is 0.770. The highest BCUT2D eigenvalue weighted by Crippen LogP contribution is 2.20. The Kier molecular flexibility index (Phi) is 2.49. The fourth-order valence-corrected chi connectivity index (χ4v) is 2.18. The average molecular weight is 229 g/mol. The summed E-state index contributed by atoms with van der Waals surface area (Å²) >= 11 is 0. The summed E-state index contributed by atoms with van der Waals surface area (Å²) in [4.78, 5) is 15.5.